The van der Waals surface area contributed by atoms with Crippen LogP contribution >= 0.6 is 0 Å². The minimum absolute atomic E-state index is 0.0297. The maximum absolute atomic E-state index is 12.3. The van der Waals surface area contributed by atoms with Gasteiger partial charge < -0.3 is 15.5 Å². The lowest BCUT2D eigenvalue weighted by Crippen LogP contribution is -2.53. The summed E-state index contributed by atoms with van der Waals surface area (Å²) in [6, 6.07) is 3.74. The second kappa shape index (κ2) is 9.13. The molecular weight excluding hydrogens is 346 g/mol. The molecule has 0 atom stereocenters. The van der Waals surface area contributed by atoms with Crippen molar-refractivity contribution in [3.63, 3.8) is 0 Å². The van der Waals surface area contributed by atoms with Crippen molar-refractivity contribution in [1.29, 1.82) is 0 Å². The molecule has 1 aliphatic heterocycles. The van der Waals surface area contributed by atoms with Gasteiger partial charge in [0.25, 0.3) is 0 Å². The molecule has 0 aromatic carbocycles. The lowest BCUT2D eigenvalue weighted by molar-refractivity contribution is -0.122. The Kier molecular flexibility index (Phi) is 6.37. The number of nitrogens with one attached hydrogen (secondary N) is 2. The van der Waals surface area contributed by atoms with Gasteiger partial charge in [0.05, 0.1) is 6.54 Å². The highest BCUT2D eigenvalue weighted by Crippen LogP contribution is 2.06. The molecule has 3 rings (SSSR count). The van der Waals surface area contributed by atoms with E-state index in [1.54, 1.807) is 23.6 Å². The second-order valence-corrected chi connectivity index (χ2v) is 6.37. The zero-order valence-corrected chi connectivity index (χ0v) is 15.5. The summed E-state index contributed by atoms with van der Waals surface area (Å²) in [5, 5.41) is 5.72. The van der Waals surface area contributed by atoms with E-state index in [1.165, 1.54) is 0 Å². The summed E-state index contributed by atoms with van der Waals surface area (Å²) >= 11 is 0. The van der Waals surface area contributed by atoms with Gasteiger partial charge in [-0.25, -0.2) is 14.8 Å². The van der Waals surface area contributed by atoms with E-state index in [1.807, 2.05) is 29.8 Å². The zero-order valence-electron chi connectivity index (χ0n) is 15.5. The molecule has 0 spiro atoms. The molecule has 0 radical (unpaired) electrons. The summed E-state index contributed by atoms with van der Waals surface area (Å²) in [4.78, 5) is 36.2. The van der Waals surface area contributed by atoms with Crippen LogP contribution in [0.5, 0.6) is 0 Å². The first kappa shape index (κ1) is 18.8. The van der Waals surface area contributed by atoms with Gasteiger partial charge in [-0.15, -0.1) is 0 Å². The van der Waals surface area contributed by atoms with Gasteiger partial charge in [0.1, 0.15) is 12.1 Å². The summed E-state index contributed by atoms with van der Waals surface area (Å²) in [5.41, 5.74) is 0.932. The molecule has 2 aromatic rings. The standard InChI is InChI=1S/C18H25N7O2/c1-2-20-17(26)13-23-7-9-24(10-8-23)18(27)22-12-15-3-4-16(21-11-15)25-6-5-19-14-25/h3-6,11,14H,2,7-10,12-13H2,1H3,(H,20,26)(H,22,27). The number of hydrogen-bond donors (Lipinski definition) is 2. The number of hydrogen-bond acceptors (Lipinski definition) is 5. The molecule has 0 aliphatic carbocycles. The van der Waals surface area contributed by atoms with Crippen molar-refractivity contribution in [2.75, 3.05) is 39.3 Å². The molecule has 2 N–H and O–H groups in total. The van der Waals surface area contributed by atoms with Crippen molar-refractivity contribution in [1.82, 2.24) is 35.0 Å². The van der Waals surface area contributed by atoms with Gasteiger partial charge >= 0.3 is 6.03 Å². The highest BCUT2D eigenvalue weighted by atomic mass is 16.2. The van der Waals surface area contributed by atoms with Gasteiger partial charge in [-0.05, 0) is 18.6 Å². The fourth-order valence-electron chi connectivity index (χ4n) is 2.92. The lowest BCUT2D eigenvalue weighted by Gasteiger charge is -2.34. The Morgan fingerprint density at radius 1 is 1.15 bits per heavy atom. The number of urea groups is 1. The molecule has 144 valence electrons. The number of piperazine rings is 1. The number of imidazole rings is 1. The SMILES string of the molecule is CCNC(=O)CN1CCN(C(=O)NCc2ccc(-n3ccnc3)nc2)CC1. The normalized spacial score (nSPS) is 14.8. The highest BCUT2D eigenvalue weighted by molar-refractivity contribution is 5.78. The van der Waals surface area contributed by atoms with Crippen LogP contribution in [0.1, 0.15) is 12.5 Å². The van der Waals surface area contributed by atoms with Crippen LogP contribution < -0.4 is 10.6 Å². The molecule has 1 saturated heterocycles. The van der Waals surface area contributed by atoms with Crippen LogP contribution in [0.3, 0.4) is 0 Å². The number of rotatable bonds is 6. The fourth-order valence-corrected chi connectivity index (χ4v) is 2.92. The number of amides is 3. The van der Waals surface area contributed by atoms with Crippen LogP contribution in [0.2, 0.25) is 0 Å². The Hall–Kier alpha value is -2.94. The van der Waals surface area contributed by atoms with Crippen LogP contribution in [-0.4, -0.2) is 75.5 Å². The first-order chi connectivity index (χ1) is 13.2. The third-order valence-electron chi connectivity index (χ3n) is 4.42. The molecule has 0 unspecified atom stereocenters. The molecule has 0 bridgehead atoms. The lowest BCUT2D eigenvalue weighted by atomic mass is 10.3. The Bertz CT molecular complexity index is 738. The number of carbonyl (C=O) groups excluding carboxylic acids is 2. The average Bonchev–Trinajstić information content (AvgIpc) is 3.22. The predicted octanol–water partition coefficient (Wildman–Crippen LogP) is 0.231. The van der Waals surface area contributed by atoms with Crippen LogP contribution in [0.25, 0.3) is 5.82 Å². The van der Waals surface area contributed by atoms with Crippen molar-refractivity contribution in [3.8, 4) is 5.82 Å². The summed E-state index contributed by atoms with van der Waals surface area (Å²) in [6.45, 7) is 5.98. The maximum Gasteiger partial charge on any atom is 0.317 e. The quantitative estimate of drug-likeness (QED) is 0.758. The number of pyridine rings is 1. The van der Waals surface area contributed by atoms with E-state index < -0.39 is 0 Å². The van der Waals surface area contributed by atoms with Crippen molar-refractivity contribution in [2.45, 2.75) is 13.5 Å². The van der Waals surface area contributed by atoms with E-state index in [0.29, 0.717) is 45.8 Å². The van der Waals surface area contributed by atoms with Crippen molar-refractivity contribution >= 4 is 11.9 Å². The number of carbonyl (C=O) groups is 2. The van der Waals surface area contributed by atoms with Crippen LogP contribution in [0.4, 0.5) is 4.79 Å². The van der Waals surface area contributed by atoms with Crippen LogP contribution in [-0.2, 0) is 11.3 Å². The van der Waals surface area contributed by atoms with E-state index in [2.05, 4.69) is 25.5 Å². The molecule has 9 nitrogen and oxygen atoms in total. The summed E-state index contributed by atoms with van der Waals surface area (Å²) in [6.07, 6.45) is 6.97. The predicted molar refractivity (Wildman–Crippen MR) is 100 cm³/mol. The van der Waals surface area contributed by atoms with E-state index in [-0.39, 0.29) is 11.9 Å². The molecule has 3 heterocycles. The first-order valence-corrected chi connectivity index (χ1v) is 9.11. The molecule has 9 heteroatoms. The molecule has 1 aliphatic rings. The Morgan fingerprint density at radius 2 is 1.96 bits per heavy atom. The third-order valence-corrected chi connectivity index (χ3v) is 4.42. The maximum atomic E-state index is 12.3. The molecule has 2 aromatic heterocycles. The Balaban J connectivity index is 1.41. The number of nitrogens with zero attached hydrogens (tertiary/aromatic N) is 5. The zero-order chi connectivity index (χ0) is 19.1. The average molecular weight is 371 g/mol. The van der Waals surface area contributed by atoms with E-state index in [4.69, 9.17) is 0 Å². The molecule has 1 fully saturated rings. The minimum atomic E-state index is -0.0913. The monoisotopic (exact) mass is 371 g/mol. The topological polar surface area (TPSA) is 95.4 Å². The van der Waals surface area contributed by atoms with Gasteiger partial charge in [-0.3, -0.25) is 14.3 Å². The smallest absolute Gasteiger partial charge is 0.317 e. The summed E-state index contributed by atoms with van der Waals surface area (Å²) in [5.74, 6) is 0.813. The first-order valence-electron chi connectivity index (χ1n) is 9.11. The molecule has 0 saturated carbocycles. The van der Waals surface area contributed by atoms with Gasteiger partial charge in [-0.2, -0.15) is 0 Å². The fraction of sp³-hybridized carbons (Fsp3) is 0.444. The molecule has 27 heavy (non-hydrogen) atoms. The van der Waals surface area contributed by atoms with Gasteiger partial charge in [-0.1, -0.05) is 6.07 Å². The van der Waals surface area contributed by atoms with Crippen molar-refractivity contribution in [2.24, 2.45) is 0 Å². The number of aromatic nitrogens is 3. The van der Waals surface area contributed by atoms with Crippen molar-refractivity contribution in [3.05, 3.63) is 42.6 Å². The molecule has 3 amide bonds. The Labute approximate surface area is 158 Å². The van der Waals surface area contributed by atoms with Gasteiger partial charge in [0, 0.05) is 57.9 Å². The van der Waals surface area contributed by atoms with Gasteiger partial charge in [0.2, 0.25) is 5.91 Å². The second-order valence-electron chi connectivity index (χ2n) is 6.37. The highest BCUT2D eigenvalue weighted by Gasteiger charge is 2.22. The molecular formula is C18H25N7O2. The van der Waals surface area contributed by atoms with Crippen molar-refractivity contribution < 1.29 is 9.59 Å². The van der Waals surface area contributed by atoms with E-state index >= 15 is 0 Å². The van der Waals surface area contributed by atoms with Crippen LogP contribution in [0.15, 0.2) is 37.1 Å². The van der Waals surface area contributed by atoms with Crippen LogP contribution in [0, 0.1) is 0 Å². The number of likely N-dealkylation sites (N-methyl/N-ethyl adjacent to an activating group) is 1. The largest absolute Gasteiger partial charge is 0.355 e. The van der Waals surface area contributed by atoms with E-state index in [9.17, 15) is 9.59 Å². The third kappa shape index (κ3) is 5.27. The Morgan fingerprint density at radius 3 is 2.59 bits per heavy atom. The minimum Gasteiger partial charge on any atom is -0.355 e. The van der Waals surface area contributed by atoms with Gasteiger partial charge in [0.15, 0.2) is 0 Å². The van der Waals surface area contributed by atoms with E-state index in [0.717, 1.165) is 11.4 Å². The summed E-state index contributed by atoms with van der Waals surface area (Å²) < 4.78 is 1.82. The summed E-state index contributed by atoms with van der Waals surface area (Å²) in [7, 11) is 0.